The molecule has 0 atom stereocenters. The van der Waals surface area contributed by atoms with Gasteiger partial charge in [-0.05, 0) is 32.0 Å². The van der Waals surface area contributed by atoms with Crippen LogP contribution in [0.5, 0.6) is 0 Å². The van der Waals surface area contributed by atoms with Crippen molar-refractivity contribution in [3.63, 3.8) is 0 Å². The predicted molar refractivity (Wildman–Crippen MR) is 103 cm³/mol. The first-order valence-corrected chi connectivity index (χ1v) is 9.52. The van der Waals surface area contributed by atoms with Crippen molar-refractivity contribution in [2.24, 2.45) is 5.73 Å². The van der Waals surface area contributed by atoms with Gasteiger partial charge in [0.1, 0.15) is 5.56 Å². The first-order valence-electron chi connectivity index (χ1n) is 8.54. The third kappa shape index (κ3) is 6.79. The molecule has 0 aliphatic heterocycles. The van der Waals surface area contributed by atoms with Crippen molar-refractivity contribution in [3.8, 4) is 0 Å². The van der Waals surface area contributed by atoms with Crippen molar-refractivity contribution in [3.05, 3.63) is 40.2 Å². The summed E-state index contributed by atoms with van der Waals surface area (Å²) in [6.07, 6.45) is -3.50. The Hall–Kier alpha value is -2.53. The van der Waals surface area contributed by atoms with Gasteiger partial charge in [-0.25, -0.2) is 9.59 Å². The smallest absolute Gasteiger partial charge is 0.475 e. The fourth-order valence-corrected chi connectivity index (χ4v) is 2.98. The number of esters is 1. The maximum absolute atomic E-state index is 12.6. The number of aryl methyl sites for hydroxylation is 1. The average Bonchev–Trinajstić information content (AvgIpc) is 2.66. The summed E-state index contributed by atoms with van der Waals surface area (Å²) < 4.78 is 38.6. The highest BCUT2D eigenvalue weighted by atomic mass is 32.2. The monoisotopic (exact) mass is 434 g/mol. The van der Waals surface area contributed by atoms with E-state index in [9.17, 15) is 22.8 Å². The van der Waals surface area contributed by atoms with Crippen molar-refractivity contribution >= 4 is 34.6 Å². The number of thioether (sulfide) groups is 1. The Morgan fingerprint density at radius 2 is 1.90 bits per heavy atom. The number of benzene rings is 1. The van der Waals surface area contributed by atoms with Gasteiger partial charge in [0.25, 0.3) is 0 Å². The van der Waals surface area contributed by atoms with E-state index in [0.29, 0.717) is 18.5 Å². The standard InChI is InChI=1S/C16H20N2O3S.C2HF3O2/c1-3-18-10-13(16(20)21-4-2)15(19)12-9-11(22-8-7-17)5-6-14(12)18;3-2(4,5)1(6)7/h5-6,9-10H,3-4,7-8,17H2,1-2H3;(H,6,7). The van der Waals surface area contributed by atoms with E-state index in [1.54, 1.807) is 24.9 Å². The maximum Gasteiger partial charge on any atom is 0.490 e. The van der Waals surface area contributed by atoms with Crippen LogP contribution in [0.1, 0.15) is 24.2 Å². The van der Waals surface area contributed by atoms with Crippen LogP contribution in [0, 0.1) is 0 Å². The molecule has 11 heteroatoms. The fraction of sp³-hybridized carbons (Fsp3) is 0.389. The highest BCUT2D eigenvalue weighted by molar-refractivity contribution is 7.99. The van der Waals surface area contributed by atoms with Crippen LogP contribution < -0.4 is 11.2 Å². The van der Waals surface area contributed by atoms with E-state index < -0.39 is 18.1 Å². The molecular weight excluding hydrogens is 413 g/mol. The summed E-state index contributed by atoms with van der Waals surface area (Å²) in [5, 5.41) is 7.66. The number of alkyl halides is 3. The molecule has 2 aromatic rings. The molecular formula is C18H21F3N2O5S. The van der Waals surface area contributed by atoms with Gasteiger partial charge >= 0.3 is 18.1 Å². The largest absolute Gasteiger partial charge is 0.490 e. The minimum atomic E-state index is -5.08. The molecule has 29 heavy (non-hydrogen) atoms. The number of halogens is 3. The molecule has 0 amide bonds. The van der Waals surface area contributed by atoms with Crippen molar-refractivity contribution in [2.45, 2.75) is 31.5 Å². The van der Waals surface area contributed by atoms with Crippen LogP contribution in [0.15, 0.2) is 34.1 Å². The number of rotatable bonds is 6. The first kappa shape index (κ1) is 24.5. The van der Waals surface area contributed by atoms with Crippen LogP contribution in [-0.4, -0.2) is 46.7 Å². The lowest BCUT2D eigenvalue weighted by Crippen LogP contribution is -2.21. The van der Waals surface area contributed by atoms with Gasteiger partial charge in [-0.1, -0.05) is 0 Å². The molecule has 0 fully saturated rings. The lowest BCUT2D eigenvalue weighted by atomic mass is 10.1. The summed E-state index contributed by atoms with van der Waals surface area (Å²) in [6.45, 7) is 5.17. The molecule has 0 unspecified atom stereocenters. The Labute approximate surface area is 168 Å². The summed E-state index contributed by atoms with van der Waals surface area (Å²) in [4.78, 5) is 34.4. The predicted octanol–water partition coefficient (Wildman–Crippen LogP) is 2.88. The zero-order valence-electron chi connectivity index (χ0n) is 15.8. The molecule has 1 aromatic carbocycles. The minimum absolute atomic E-state index is 0.0807. The normalized spacial score (nSPS) is 11.0. The van der Waals surface area contributed by atoms with E-state index >= 15 is 0 Å². The van der Waals surface area contributed by atoms with Gasteiger partial charge in [0.2, 0.25) is 5.43 Å². The quantitative estimate of drug-likeness (QED) is 0.531. The van der Waals surface area contributed by atoms with E-state index in [2.05, 4.69) is 0 Å². The fourth-order valence-electron chi connectivity index (χ4n) is 2.26. The average molecular weight is 434 g/mol. The molecule has 0 spiro atoms. The van der Waals surface area contributed by atoms with Gasteiger partial charge in [-0.3, -0.25) is 4.79 Å². The Bertz CT molecular complexity index is 928. The Morgan fingerprint density at radius 1 is 1.28 bits per heavy atom. The Morgan fingerprint density at radius 3 is 2.38 bits per heavy atom. The van der Waals surface area contributed by atoms with Crippen LogP contribution in [0.2, 0.25) is 0 Å². The van der Waals surface area contributed by atoms with E-state index in [0.717, 1.165) is 16.2 Å². The molecule has 0 bridgehead atoms. The molecule has 160 valence electrons. The lowest BCUT2D eigenvalue weighted by Gasteiger charge is -2.12. The number of carbonyl (C=O) groups is 2. The summed E-state index contributed by atoms with van der Waals surface area (Å²) in [5.74, 6) is -2.55. The third-order valence-corrected chi connectivity index (χ3v) is 4.54. The Balaban J connectivity index is 0.000000516. The number of nitrogens with two attached hydrogens (primary N) is 1. The van der Waals surface area contributed by atoms with Crippen molar-refractivity contribution in [2.75, 3.05) is 18.9 Å². The summed E-state index contributed by atoms with van der Waals surface area (Å²) in [5.41, 5.74) is 6.13. The number of ether oxygens (including phenoxy) is 1. The molecule has 3 N–H and O–H groups in total. The second-order valence-electron chi connectivity index (χ2n) is 5.50. The third-order valence-electron chi connectivity index (χ3n) is 3.52. The summed E-state index contributed by atoms with van der Waals surface area (Å²) in [6, 6.07) is 5.71. The van der Waals surface area contributed by atoms with Crippen molar-refractivity contribution in [1.29, 1.82) is 0 Å². The van der Waals surface area contributed by atoms with Crippen LogP contribution >= 0.6 is 11.8 Å². The molecule has 0 radical (unpaired) electrons. The zero-order valence-corrected chi connectivity index (χ0v) is 16.6. The number of carbonyl (C=O) groups excluding carboxylic acids is 1. The SMILES string of the molecule is CCOC(=O)c1cn(CC)c2ccc(SCCN)cc2c1=O.O=C(O)C(F)(F)F. The Kier molecular flexibility index (Phi) is 9.18. The van der Waals surface area contributed by atoms with E-state index in [1.807, 2.05) is 29.7 Å². The molecule has 0 saturated heterocycles. The van der Waals surface area contributed by atoms with Gasteiger partial charge in [-0.15, -0.1) is 11.8 Å². The molecule has 0 saturated carbocycles. The van der Waals surface area contributed by atoms with Gasteiger partial charge in [0.05, 0.1) is 12.1 Å². The van der Waals surface area contributed by atoms with Crippen LogP contribution in [0.25, 0.3) is 10.9 Å². The van der Waals surface area contributed by atoms with E-state index in [-0.39, 0.29) is 17.6 Å². The van der Waals surface area contributed by atoms with Crippen LogP contribution in [0.3, 0.4) is 0 Å². The molecule has 7 nitrogen and oxygen atoms in total. The van der Waals surface area contributed by atoms with Crippen LogP contribution in [-0.2, 0) is 16.1 Å². The highest BCUT2D eigenvalue weighted by Gasteiger charge is 2.38. The van der Waals surface area contributed by atoms with Crippen molar-refractivity contribution in [1.82, 2.24) is 4.57 Å². The number of hydrogen-bond acceptors (Lipinski definition) is 6. The van der Waals surface area contributed by atoms with Gasteiger partial charge in [0.15, 0.2) is 0 Å². The molecule has 1 aromatic heterocycles. The number of pyridine rings is 1. The number of aromatic nitrogens is 1. The number of fused-ring (bicyclic) bond motifs is 1. The van der Waals surface area contributed by atoms with Crippen LogP contribution in [0.4, 0.5) is 13.2 Å². The minimum Gasteiger partial charge on any atom is -0.475 e. The zero-order chi connectivity index (χ0) is 22.2. The number of nitrogens with zero attached hydrogens (tertiary/aromatic N) is 1. The first-order chi connectivity index (χ1) is 13.6. The lowest BCUT2D eigenvalue weighted by molar-refractivity contribution is -0.192. The number of hydrogen-bond donors (Lipinski definition) is 2. The van der Waals surface area contributed by atoms with Gasteiger partial charge in [-0.2, -0.15) is 13.2 Å². The topological polar surface area (TPSA) is 112 Å². The number of carboxylic acids is 1. The summed E-state index contributed by atoms with van der Waals surface area (Å²) in [7, 11) is 0. The summed E-state index contributed by atoms with van der Waals surface area (Å²) >= 11 is 1.59. The maximum atomic E-state index is 12.6. The number of carboxylic acid groups (broad SMARTS) is 1. The molecule has 1 heterocycles. The highest BCUT2D eigenvalue weighted by Crippen LogP contribution is 2.22. The molecule has 0 aliphatic rings. The second kappa shape index (κ2) is 10.9. The molecule has 0 aliphatic carbocycles. The second-order valence-corrected chi connectivity index (χ2v) is 6.67. The number of aliphatic carboxylic acids is 1. The van der Waals surface area contributed by atoms with E-state index in [4.69, 9.17) is 20.4 Å². The van der Waals surface area contributed by atoms with Crippen molar-refractivity contribution < 1.29 is 32.6 Å². The van der Waals surface area contributed by atoms with Gasteiger partial charge < -0.3 is 20.1 Å². The van der Waals surface area contributed by atoms with Gasteiger partial charge in [0, 0.05) is 35.3 Å². The molecule has 2 rings (SSSR count). The van der Waals surface area contributed by atoms with E-state index in [1.165, 1.54) is 0 Å².